The fraction of sp³-hybridized carbons (Fsp3) is 0.429. The van der Waals surface area contributed by atoms with Gasteiger partial charge in [0.15, 0.2) is 11.4 Å². The Morgan fingerprint density at radius 2 is 2.33 bits per heavy atom. The van der Waals surface area contributed by atoms with Crippen molar-refractivity contribution in [1.29, 1.82) is 0 Å². The van der Waals surface area contributed by atoms with E-state index in [0.717, 1.165) is 25.0 Å². The van der Waals surface area contributed by atoms with Crippen LogP contribution in [0.25, 0.3) is 11.0 Å². The van der Waals surface area contributed by atoms with Crippen LogP contribution in [0.5, 0.6) is 0 Å². The normalized spacial score (nSPS) is 20.6. The first kappa shape index (κ1) is 11.5. The van der Waals surface area contributed by atoms with Crippen LogP contribution in [-0.4, -0.2) is 25.7 Å². The molecule has 0 amide bonds. The largest absolute Gasteiger partial charge is 0.462 e. The van der Waals surface area contributed by atoms with E-state index >= 15 is 0 Å². The fourth-order valence-corrected chi connectivity index (χ4v) is 2.63. The van der Waals surface area contributed by atoms with Crippen molar-refractivity contribution in [2.24, 2.45) is 0 Å². The van der Waals surface area contributed by atoms with Gasteiger partial charge in [-0.15, -0.1) is 0 Å². The van der Waals surface area contributed by atoms with Gasteiger partial charge in [-0.25, -0.2) is 4.39 Å². The highest BCUT2D eigenvalue weighted by Gasteiger charge is 2.23. The second-order valence-corrected chi connectivity index (χ2v) is 5.00. The second kappa shape index (κ2) is 4.28. The third-order valence-electron chi connectivity index (χ3n) is 3.52. The molecule has 0 radical (unpaired) electrons. The lowest BCUT2D eigenvalue weighted by Crippen LogP contribution is -2.49. The summed E-state index contributed by atoms with van der Waals surface area (Å²) in [4.78, 5) is 2.08. The van der Waals surface area contributed by atoms with Gasteiger partial charge in [0, 0.05) is 31.1 Å². The maximum Gasteiger partial charge on any atom is 0.160 e. The maximum atomic E-state index is 14.4. The molecular formula is C14H17FN2O. The zero-order chi connectivity index (χ0) is 12.7. The van der Waals surface area contributed by atoms with Crippen molar-refractivity contribution >= 4 is 16.7 Å². The molecule has 2 aromatic rings. The van der Waals surface area contributed by atoms with E-state index in [1.807, 2.05) is 12.1 Å². The average Bonchev–Trinajstić information content (AvgIpc) is 2.78. The highest BCUT2D eigenvalue weighted by molar-refractivity contribution is 5.90. The Morgan fingerprint density at radius 1 is 1.50 bits per heavy atom. The van der Waals surface area contributed by atoms with Gasteiger partial charge >= 0.3 is 0 Å². The van der Waals surface area contributed by atoms with Crippen LogP contribution in [0, 0.1) is 12.7 Å². The van der Waals surface area contributed by atoms with Crippen LogP contribution in [-0.2, 0) is 0 Å². The number of nitrogens with one attached hydrogen (secondary N) is 1. The summed E-state index contributed by atoms with van der Waals surface area (Å²) in [6.07, 6.45) is 1.62. The van der Waals surface area contributed by atoms with Gasteiger partial charge in [-0.3, -0.25) is 0 Å². The number of hydrogen-bond donors (Lipinski definition) is 1. The molecule has 1 aromatic carbocycles. The molecule has 0 bridgehead atoms. The third-order valence-corrected chi connectivity index (χ3v) is 3.52. The topological polar surface area (TPSA) is 28.4 Å². The molecule has 1 aromatic heterocycles. The van der Waals surface area contributed by atoms with Gasteiger partial charge in [0.05, 0.1) is 6.26 Å². The van der Waals surface area contributed by atoms with Crippen molar-refractivity contribution in [3.8, 4) is 0 Å². The summed E-state index contributed by atoms with van der Waals surface area (Å²) in [6.45, 7) is 6.39. The van der Waals surface area contributed by atoms with Crippen LogP contribution < -0.4 is 10.2 Å². The summed E-state index contributed by atoms with van der Waals surface area (Å²) >= 11 is 0. The first-order chi connectivity index (χ1) is 8.66. The standard InChI is InChI=1S/C14H17FN2O/c1-9-7-11-3-6-18-14(11)13(12(9)15)17-5-4-16-10(2)8-17/h3,6-7,10,16H,4-5,8H2,1-2H3/t10-/m1/s1. The van der Waals surface area contributed by atoms with Crippen molar-refractivity contribution in [3.05, 3.63) is 29.8 Å². The minimum Gasteiger partial charge on any atom is -0.462 e. The smallest absolute Gasteiger partial charge is 0.160 e. The molecule has 2 heterocycles. The molecule has 0 saturated carbocycles. The van der Waals surface area contributed by atoms with Crippen molar-refractivity contribution in [2.45, 2.75) is 19.9 Å². The van der Waals surface area contributed by atoms with E-state index in [-0.39, 0.29) is 5.82 Å². The number of anilines is 1. The van der Waals surface area contributed by atoms with E-state index in [9.17, 15) is 4.39 Å². The van der Waals surface area contributed by atoms with Crippen molar-refractivity contribution in [1.82, 2.24) is 5.32 Å². The lowest BCUT2D eigenvalue weighted by molar-refractivity contribution is 0.476. The number of furan rings is 1. The Balaban J connectivity index is 2.14. The molecule has 1 atom stereocenters. The van der Waals surface area contributed by atoms with E-state index in [1.54, 1.807) is 13.2 Å². The molecular weight excluding hydrogens is 231 g/mol. The van der Waals surface area contributed by atoms with Crippen molar-refractivity contribution in [2.75, 3.05) is 24.5 Å². The van der Waals surface area contributed by atoms with Crippen LogP contribution in [0.3, 0.4) is 0 Å². The summed E-state index contributed by atoms with van der Waals surface area (Å²) in [5.41, 5.74) is 1.95. The number of benzene rings is 1. The number of rotatable bonds is 1. The van der Waals surface area contributed by atoms with Gasteiger partial charge in [-0.05, 0) is 31.5 Å². The van der Waals surface area contributed by atoms with E-state index in [0.29, 0.717) is 22.9 Å². The van der Waals surface area contributed by atoms with Gasteiger partial charge in [-0.2, -0.15) is 0 Å². The molecule has 3 nitrogen and oxygen atoms in total. The molecule has 1 N–H and O–H groups in total. The molecule has 1 aliphatic rings. The van der Waals surface area contributed by atoms with E-state index in [1.165, 1.54) is 0 Å². The number of nitrogens with zero attached hydrogens (tertiary/aromatic N) is 1. The molecule has 1 aliphatic heterocycles. The third kappa shape index (κ3) is 1.77. The lowest BCUT2D eigenvalue weighted by atomic mass is 10.1. The van der Waals surface area contributed by atoms with Crippen LogP contribution in [0.2, 0.25) is 0 Å². The molecule has 4 heteroatoms. The Hall–Kier alpha value is -1.55. The van der Waals surface area contributed by atoms with Gasteiger partial charge in [-0.1, -0.05) is 0 Å². The highest BCUT2D eigenvalue weighted by atomic mass is 19.1. The van der Waals surface area contributed by atoms with E-state index < -0.39 is 0 Å². The van der Waals surface area contributed by atoms with Crippen molar-refractivity contribution in [3.63, 3.8) is 0 Å². The van der Waals surface area contributed by atoms with Crippen LogP contribution >= 0.6 is 0 Å². The molecule has 0 unspecified atom stereocenters. The Kier molecular flexibility index (Phi) is 2.74. The monoisotopic (exact) mass is 248 g/mol. The SMILES string of the molecule is Cc1cc2ccoc2c(N2CCN[C@H](C)C2)c1F. The van der Waals surface area contributed by atoms with Gasteiger partial charge in [0.25, 0.3) is 0 Å². The zero-order valence-electron chi connectivity index (χ0n) is 10.7. The molecule has 1 saturated heterocycles. The molecule has 1 fully saturated rings. The average molecular weight is 248 g/mol. The number of halogens is 1. The van der Waals surface area contributed by atoms with Crippen LogP contribution in [0.1, 0.15) is 12.5 Å². The molecule has 3 rings (SSSR count). The first-order valence-electron chi connectivity index (χ1n) is 6.31. The van der Waals surface area contributed by atoms with Crippen molar-refractivity contribution < 1.29 is 8.81 Å². The Morgan fingerprint density at radius 3 is 3.11 bits per heavy atom. The minimum absolute atomic E-state index is 0.161. The predicted molar refractivity (Wildman–Crippen MR) is 70.6 cm³/mol. The van der Waals surface area contributed by atoms with E-state index in [2.05, 4.69) is 17.1 Å². The quantitative estimate of drug-likeness (QED) is 0.841. The molecule has 0 spiro atoms. The molecule has 96 valence electrons. The highest BCUT2D eigenvalue weighted by Crippen LogP contribution is 2.33. The Bertz CT molecular complexity index is 578. The van der Waals surface area contributed by atoms with Gasteiger partial charge < -0.3 is 14.6 Å². The number of aryl methyl sites for hydroxylation is 1. The lowest BCUT2D eigenvalue weighted by Gasteiger charge is -2.34. The molecule has 18 heavy (non-hydrogen) atoms. The maximum absolute atomic E-state index is 14.4. The van der Waals surface area contributed by atoms with Crippen LogP contribution in [0.4, 0.5) is 10.1 Å². The summed E-state index contributed by atoms with van der Waals surface area (Å²) < 4.78 is 19.9. The fourth-order valence-electron chi connectivity index (χ4n) is 2.63. The predicted octanol–water partition coefficient (Wildman–Crippen LogP) is 2.68. The number of piperazine rings is 1. The van der Waals surface area contributed by atoms with Gasteiger partial charge in [0.1, 0.15) is 5.69 Å². The second-order valence-electron chi connectivity index (χ2n) is 5.00. The summed E-state index contributed by atoms with van der Waals surface area (Å²) in [7, 11) is 0. The molecule has 0 aliphatic carbocycles. The first-order valence-corrected chi connectivity index (χ1v) is 6.31. The summed E-state index contributed by atoms with van der Waals surface area (Å²) in [5.74, 6) is -0.161. The minimum atomic E-state index is -0.161. The van der Waals surface area contributed by atoms with Gasteiger partial charge in [0.2, 0.25) is 0 Å². The number of fused-ring (bicyclic) bond motifs is 1. The Labute approximate surface area is 106 Å². The number of hydrogen-bond acceptors (Lipinski definition) is 3. The summed E-state index contributed by atoms with van der Waals surface area (Å²) in [5, 5.41) is 4.33. The zero-order valence-corrected chi connectivity index (χ0v) is 10.7. The summed E-state index contributed by atoms with van der Waals surface area (Å²) in [6, 6.07) is 4.09. The van der Waals surface area contributed by atoms with E-state index in [4.69, 9.17) is 4.42 Å². The van der Waals surface area contributed by atoms with Crippen LogP contribution in [0.15, 0.2) is 22.8 Å².